The Balaban J connectivity index is 1.37. The number of carbonyl (C=O) groups is 1. The fraction of sp³-hybridized carbons (Fsp3) is 0.286. The molecule has 0 spiro atoms. The molecule has 0 N–H and O–H groups in total. The van der Waals surface area contributed by atoms with Crippen molar-refractivity contribution in [3.8, 4) is 17.0 Å². The molecule has 0 unspecified atom stereocenters. The number of nitrogens with zero attached hydrogens (tertiary/aromatic N) is 3. The number of nitriles is 1. The number of hydrogen-bond donors (Lipinski definition) is 0. The van der Waals surface area contributed by atoms with Gasteiger partial charge in [0, 0.05) is 31.5 Å². The third-order valence-electron chi connectivity index (χ3n) is 4.81. The number of carbonyl (C=O) groups excluding carboxylic acids is 1. The van der Waals surface area contributed by atoms with Crippen LogP contribution in [0.5, 0.6) is 10.9 Å². The van der Waals surface area contributed by atoms with Gasteiger partial charge in [0.05, 0.1) is 29.0 Å². The summed E-state index contributed by atoms with van der Waals surface area (Å²) < 4.78 is 12.3. The molecule has 4 rings (SSSR count). The largest absolute Gasteiger partial charge is 0.497 e. The Morgan fingerprint density at radius 3 is 2.82 bits per heavy atom. The van der Waals surface area contributed by atoms with Gasteiger partial charge in [-0.1, -0.05) is 17.4 Å². The van der Waals surface area contributed by atoms with Gasteiger partial charge in [0.2, 0.25) is 0 Å². The molecule has 1 fully saturated rings. The molecule has 1 saturated heterocycles. The van der Waals surface area contributed by atoms with Gasteiger partial charge < -0.3 is 14.4 Å². The predicted molar refractivity (Wildman–Crippen MR) is 107 cm³/mol. The van der Waals surface area contributed by atoms with E-state index in [1.807, 2.05) is 23.1 Å². The van der Waals surface area contributed by atoms with E-state index in [9.17, 15) is 4.79 Å². The number of piperidine rings is 1. The van der Waals surface area contributed by atoms with Gasteiger partial charge in [-0.05, 0) is 36.4 Å². The fourth-order valence-electron chi connectivity index (χ4n) is 3.28. The average molecular weight is 393 g/mol. The first-order chi connectivity index (χ1) is 13.7. The topological polar surface area (TPSA) is 75.5 Å². The molecule has 142 valence electrons. The molecule has 0 saturated carbocycles. The zero-order valence-corrected chi connectivity index (χ0v) is 16.2. The van der Waals surface area contributed by atoms with E-state index < -0.39 is 0 Å². The Kier molecular flexibility index (Phi) is 5.13. The van der Waals surface area contributed by atoms with Gasteiger partial charge in [0.25, 0.3) is 11.1 Å². The van der Waals surface area contributed by atoms with E-state index in [0.717, 1.165) is 28.8 Å². The number of hydrogen-bond acceptors (Lipinski definition) is 6. The highest BCUT2D eigenvalue weighted by Gasteiger charge is 2.25. The monoisotopic (exact) mass is 393 g/mol. The minimum Gasteiger partial charge on any atom is -0.497 e. The number of ether oxygens (including phenoxy) is 2. The van der Waals surface area contributed by atoms with E-state index in [-0.39, 0.29) is 12.0 Å². The Bertz CT molecular complexity index is 1050. The lowest BCUT2D eigenvalue weighted by molar-refractivity contribution is 0.0595. The first-order valence-electron chi connectivity index (χ1n) is 9.07. The summed E-state index contributed by atoms with van der Waals surface area (Å²) in [4.78, 5) is 19.0. The van der Waals surface area contributed by atoms with Crippen LogP contribution in [0.25, 0.3) is 10.2 Å². The molecule has 28 heavy (non-hydrogen) atoms. The maximum atomic E-state index is 12.7. The standard InChI is InChI=1S/C21H19N3O3S/c1-26-17-5-6-18-19(12-17)28-21(23-18)27-16-7-9-24(10-8-16)20(25)15-4-2-3-14(11-15)13-22/h2-6,11-12,16H,7-10H2,1H3. The quantitative estimate of drug-likeness (QED) is 0.673. The zero-order chi connectivity index (χ0) is 19.5. The van der Waals surface area contributed by atoms with Crippen molar-refractivity contribution in [3.63, 3.8) is 0 Å². The van der Waals surface area contributed by atoms with Gasteiger partial charge in [-0.25, -0.2) is 4.98 Å². The van der Waals surface area contributed by atoms with Crippen LogP contribution >= 0.6 is 11.3 Å². The van der Waals surface area contributed by atoms with Crippen LogP contribution in [0.1, 0.15) is 28.8 Å². The maximum Gasteiger partial charge on any atom is 0.274 e. The van der Waals surface area contributed by atoms with Gasteiger partial charge in [0.1, 0.15) is 11.9 Å². The summed E-state index contributed by atoms with van der Waals surface area (Å²) in [7, 11) is 1.64. The number of aromatic nitrogens is 1. The van der Waals surface area contributed by atoms with E-state index in [0.29, 0.717) is 29.4 Å². The number of amides is 1. The highest BCUT2D eigenvalue weighted by atomic mass is 32.1. The SMILES string of the molecule is COc1ccc2nc(OC3CCN(C(=O)c4cccc(C#N)c4)CC3)sc2c1. The molecule has 7 heteroatoms. The summed E-state index contributed by atoms with van der Waals surface area (Å²) in [6.07, 6.45) is 1.54. The molecule has 1 aliphatic rings. The van der Waals surface area contributed by atoms with Gasteiger partial charge in [-0.3, -0.25) is 4.79 Å². The number of rotatable bonds is 4. The van der Waals surface area contributed by atoms with E-state index in [1.54, 1.807) is 31.4 Å². The number of thiazole rings is 1. The van der Waals surface area contributed by atoms with Crippen molar-refractivity contribution in [2.24, 2.45) is 0 Å². The number of fused-ring (bicyclic) bond motifs is 1. The van der Waals surface area contributed by atoms with Crippen LogP contribution in [0.4, 0.5) is 0 Å². The van der Waals surface area contributed by atoms with E-state index in [4.69, 9.17) is 14.7 Å². The summed E-state index contributed by atoms with van der Waals surface area (Å²) in [5.74, 6) is 0.762. The van der Waals surface area contributed by atoms with Gasteiger partial charge in [0.15, 0.2) is 0 Å². The van der Waals surface area contributed by atoms with E-state index in [2.05, 4.69) is 11.1 Å². The number of benzene rings is 2. The van der Waals surface area contributed by atoms with Crippen LogP contribution in [-0.4, -0.2) is 42.1 Å². The van der Waals surface area contributed by atoms with Crippen molar-refractivity contribution >= 4 is 27.5 Å². The molecule has 1 amide bonds. The van der Waals surface area contributed by atoms with Crippen LogP contribution < -0.4 is 9.47 Å². The average Bonchev–Trinajstić information content (AvgIpc) is 3.15. The minimum absolute atomic E-state index is 0.0388. The molecule has 1 aromatic heterocycles. The smallest absolute Gasteiger partial charge is 0.274 e. The first-order valence-corrected chi connectivity index (χ1v) is 9.88. The van der Waals surface area contributed by atoms with Crippen molar-refractivity contribution < 1.29 is 14.3 Å². The molecule has 0 atom stereocenters. The summed E-state index contributed by atoms with van der Waals surface area (Å²) in [6.45, 7) is 1.25. The lowest BCUT2D eigenvalue weighted by atomic mass is 10.1. The lowest BCUT2D eigenvalue weighted by Gasteiger charge is -2.31. The molecule has 2 heterocycles. The molecule has 0 radical (unpaired) electrons. The third kappa shape index (κ3) is 3.78. The second-order valence-corrected chi connectivity index (χ2v) is 7.61. The molecule has 6 nitrogen and oxygen atoms in total. The van der Waals surface area contributed by atoms with Crippen molar-refractivity contribution in [3.05, 3.63) is 53.6 Å². The second kappa shape index (κ2) is 7.87. The van der Waals surface area contributed by atoms with Gasteiger partial charge in [-0.2, -0.15) is 5.26 Å². The first kappa shape index (κ1) is 18.3. The lowest BCUT2D eigenvalue weighted by Crippen LogP contribution is -2.41. The summed E-state index contributed by atoms with van der Waals surface area (Å²) in [6, 6.07) is 14.7. The maximum absolute atomic E-state index is 12.7. The molecular formula is C21H19N3O3S. The summed E-state index contributed by atoms with van der Waals surface area (Å²) in [5, 5.41) is 9.66. The highest BCUT2D eigenvalue weighted by molar-refractivity contribution is 7.20. The van der Waals surface area contributed by atoms with Gasteiger partial charge >= 0.3 is 0 Å². The van der Waals surface area contributed by atoms with Crippen LogP contribution in [0.15, 0.2) is 42.5 Å². The second-order valence-electron chi connectivity index (χ2n) is 6.62. The third-order valence-corrected chi connectivity index (χ3v) is 5.72. The van der Waals surface area contributed by atoms with Crippen LogP contribution in [0.3, 0.4) is 0 Å². The van der Waals surface area contributed by atoms with E-state index in [1.165, 1.54) is 11.3 Å². The molecule has 1 aliphatic heterocycles. The Labute approximate surface area is 166 Å². The molecule has 0 bridgehead atoms. The summed E-state index contributed by atoms with van der Waals surface area (Å²) >= 11 is 1.50. The van der Waals surface area contributed by atoms with Crippen LogP contribution in [0, 0.1) is 11.3 Å². The molecule has 2 aromatic carbocycles. The summed E-state index contributed by atoms with van der Waals surface area (Å²) in [5.41, 5.74) is 1.95. The number of methoxy groups -OCH3 is 1. The Hall–Kier alpha value is -3.11. The van der Waals surface area contributed by atoms with Crippen LogP contribution in [0.2, 0.25) is 0 Å². The minimum atomic E-state index is -0.0392. The molecule has 0 aliphatic carbocycles. The van der Waals surface area contributed by atoms with Crippen molar-refractivity contribution in [1.29, 1.82) is 5.26 Å². The number of likely N-dealkylation sites (tertiary alicyclic amines) is 1. The van der Waals surface area contributed by atoms with Crippen LogP contribution in [-0.2, 0) is 0 Å². The van der Waals surface area contributed by atoms with Gasteiger partial charge in [-0.15, -0.1) is 0 Å². The zero-order valence-electron chi connectivity index (χ0n) is 15.4. The molecule has 3 aromatic rings. The molecular weight excluding hydrogens is 374 g/mol. The van der Waals surface area contributed by atoms with E-state index >= 15 is 0 Å². The Morgan fingerprint density at radius 1 is 1.25 bits per heavy atom. The fourth-order valence-corrected chi connectivity index (χ4v) is 4.19. The predicted octanol–water partition coefficient (Wildman–Crippen LogP) is 3.86. The highest BCUT2D eigenvalue weighted by Crippen LogP contribution is 2.32. The van der Waals surface area contributed by atoms with Crippen molar-refractivity contribution in [2.45, 2.75) is 18.9 Å². The van der Waals surface area contributed by atoms with Crippen molar-refractivity contribution in [1.82, 2.24) is 9.88 Å². The normalized spacial score (nSPS) is 14.6. The Morgan fingerprint density at radius 2 is 2.07 bits per heavy atom. The van der Waals surface area contributed by atoms with Crippen molar-refractivity contribution in [2.75, 3.05) is 20.2 Å².